The average molecular weight is 333 g/mol. The molecule has 2 aromatic carbocycles. The van der Waals surface area contributed by atoms with E-state index in [2.05, 4.69) is 5.32 Å². The Balaban J connectivity index is 1.65. The maximum atomic E-state index is 13.6. The van der Waals surface area contributed by atoms with Crippen LogP contribution in [0.25, 0.3) is 0 Å². The standard InChI is InChI=1S/C17H16FNO3S/c1-11(23-16-5-3-2-4-13(16)18)17(20)19-12-6-7-14-15(10-12)22-9-8-21-14/h2-7,10-11H,8-9H2,1H3,(H,19,20)/t11-/m0/s1. The van der Waals surface area contributed by atoms with E-state index in [4.69, 9.17) is 9.47 Å². The Morgan fingerprint density at radius 1 is 1.17 bits per heavy atom. The Bertz CT molecular complexity index is 723. The van der Waals surface area contributed by atoms with E-state index in [-0.39, 0.29) is 11.7 Å². The van der Waals surface area contributed by atoms with Crippen molar-refractivity contribution in [2.45, 2.75) is 17.1 Å². The Morgan fingerprint density at radius 3 is 2.70 bits per heavy atom. The zero-order chi connectivity index (χ0) is 16.2. The molecule has 1 N–H and O–H groups in total. The summed E-state index contributed by atoms with van der Waals surface area (Å²) in [5, 5.41) is 2.38. The lowest BCUT2D eigenvalue weighted by Gasteiger charge is -2.19. The van der Waals surface area contributed by atoms with Gasteiger partial charge in [-0.3, -0.25) is 4.79 Å². The summed E-state index contributed by atoms with van der Waals surface area (Å²) in [6.45, 7) is 2.75. The fourth-order valence-electron chi connectivity index (χ4n) is 2.15. The van der Waals surface area contributed by atoms with E-state index in [1.807, 2.05) is 0 Å². The van der Waals surface area contributed by atoms with E-state index in [1.54, 1.807) is 43.3 Å². The highest BCUT2D eigenvalue weighted by atomic mass is 32.2. The minimum atomic E-state index is -0.430. The minimum absolute atomic E-state index is 0.199. The minimum Gasteiger partial charge on any atom is -0.486 e. The molecular weight excluding hydrogens is 317 g/mol. The van der Waals surface area contributed by atoms with Crippen LogP contribution < -0.4 is 14.8 Å². The largest absolute Gasteiger partial charge is 0.486 e. The molecule has 1 amide bonds. The number of amides is 1. The third kappa shape index (κ3) is 3.76. The molecule has 0 bridgehead atoms. The third-order valence-corrected chi connectivity index (χ3v) is 4.47. The maximum Gasteiger partial charge on any atom is 0.237 e. The Hall–Kier alpha value is -2.21. The van der Waals surface area contributed by atoms with Gasteiger partial charge >= 0.3 is 0 Å². The van der Waals surface area contributed by atoms with E-state index >= 15 is 0 Å². The van der Waals surface area contributed by atoms with Crippen molar-refractivity contribution in [2.24, 2.45) is 0 Å². The lowest BCUT2D eigenvalue weighted by Crippen LogP contribution is -2.23. The van der Waals surface area contributed by atoms with Gasteiger partial charge in [0.15, 0.2) is 11.5 Å². The van der Waals surface area contributed by atoms with Crippen LogP contribution in [0, 0.1) is 5.82 Å². The van der Waals surface area contributed by atoms with Gasteiger partial charge in [-0.05, 0) is 31.2 Å². The molecule has 23 heavy (non-hydrogen) atoms. The first-order valence-electron chi connectivity index (χ1n) is 7.25. The van der Waals surface area contributed by atoms with E-state index < -0.39 is 5.25 Å². The molecule has 0 fully saturated rings. The molecule has 2 aromatic rings. The number of halogens is 1. The van der Waals surface area contributed by atoms with Crippen molar-refractivity contribution in [3.8, 4) is 11.5 Å². The van der Waals surface area contributed by atoms with Crippen LogP contribution in [0.3, 0.4) is 0 Å². The summed E-state index contributed by atoms with van der Waals surface area (Å²) in [4.78, 5) is 12.7. The molecule has 0 aromatic heterocycles. The zero-order valence-electron chi connectivity index (χ0n) is 12.5. The SMILES string of the molecule is C[C@H](Sc1ccccc1F)C(=O)Nc1ccc2c(c1)OCCO2. The van der Waals surface area contributed by atoms with Crippen LogP contribution in [0.1, 0.15) is 6.92 Å². The lowest BCUT2D eigenvalue weighted by atomic mass is 10.2. The van der Waals surface area contributed by atoms with Crippen molar-refractivity contribution < 1.29 is 18.7 Å². The summed E-state index contributed by atoms with van der Waals surface area (Å²) in [5.41, 5.74) is 0.625. The van der Waals surface area contributed by atoms with Crippen molar-refractivity contribution >= 4 is 23.4 Å². The molecule has 120 valence electrons. The molecule has 0 saturated carbocycles. The molecule has 0 radical (unpaired) electrons. The number of hydrogen-bond acceptors (Lipinski definition) is 4. The van der Waals surface area contributed by atoms with Crippen LogP contribution in [0.15, 0.2) is 47.4 Å². The quantitative estimate of drug-likeness (QED) is 0.867. The van der Waals surface area contributed by atoms with Gasteiger partial charge in [0.05, 0.1) is 5.25 Å². The van der Waals surface area contributed by atoms with Crippen molar-refractivity contribution in [1.82, 2.24) is 0 Å². The van der Waals surface area contributed by atoms with Crippen molar-refractivity contribution in [2.75, 3.05) is 18.5 Å². The van der Waals surface area contributed by atoms with Gasteiger partial charge < -0.3 is 14.8 Å². The highest BCUT2D eigenvalue weighted by molar-refractivity contribution is 8.00. The number of ether oxygens (including phenoxy) is 2. The van der Waals surface area contributed by atoms with Gasteiger partial charge in [-0.2, -0.15) is 0 Å². The number of fused-ring (bicyclic) bond motifs is 1. The molecule has 1 atom stereocenters. The summed E-state index contributed by atoms with van der Waals surface area (Å²) in [5.74, 6) is 0.762. The molecule has 0 unspecified atom stereocenters. The molecule has 4 nitrogen and oxygen atoms in total. The smallest absolute Gasteiger partial charge is 0.237 e. The number of thioether (sulfide) groups is 1. The second kappa shape index (κ2) is 6.91. The Kier molecular flexibility index (Phi) is 4.71. The van der Waals surface area contributed by atoms with Crippen molar-refractivity contribution in [3.05, 3.63) is 48.3 Å². The van der Waals surface area contributed by atoms with Crippen molar-refractivity contribution in [1.29, 1.82) is 0 Å². The van der Waals surface area contributed by atoms with E-state index in [9.17, 15) is 9.18 Å². The van der Waals surface area contributed by atoms with E-state index in [0.29, 0.717) is 35.3 Å². The van der Waals surface area contributed by atoms with Crippen LogP contribution in [-0.4, -0.2) is 24.4 Å². The highest BCUT2D eigenvalue weighted by Crippen LogP contribution is 2.33. The molecule has 0 aliphatic carbocycles. The van der Waals surface area contributed by atoms with Crippen LogP contribution in [0.5, 0.6) is 11.5 Å². The fraction of sp³-hybridized carbons (Fsp3) is 0.235. The first kappa shape index (κ1) is 15.7. The number of rotatable bonds is 4. The molecule has 3 rings (SSSR count). The van der Waals surface area contributed by atoms with E-state index in [1.165, 1.54) is 17.8 Å². The van der Waals surface area contributed by atoms with Crippen LogP contribution >= 0.6 is 11.8 Å². The number of anilines is 1. The van der Waals surface area contributed by atoms with Crippen LogP contribution in [0.4, 0.5) is 10.1 Å². The Morgan fingerprint density at radius 2 is 1.91 bits per heavy atom. The molecule has 1 aliphatic heterocycles. The molecule has 6 heteroatoms. The predicted molar refractivity (Wildman–Crippen MR) is 87.8 cm³/mol. The summed E-state index contributed by atoms with van der Waals surface area (Å²) >= 11 is 1.18. The zero-order valence-corrected chi connectivity index (χ0v) is 13.4. The van der Waals surface area contributed by atoms with Gasteiger partial charge in [0.2, 0.25) is 5.91 Å². The first-order chi connectivity index (χ1) is 11.1. The molecule has 1 heterocycles. The van der Waals surface area contributed by atoms with Gasteiger partial charge in [0.25, 0.3) is 0 Å². The summed E-state index contributed by atoms with van der Waals surface area (Å²) in [7, 11) is 0. The average Bonchev–Trinajstić information content (AvgIpc) is 2.56. The molecule has 0 spiro atoms. The number of hydrogen-bond donors (Lipinski definition) is 1. The van der Waals surface area contributed by atoms with Gasteiger partial charge in [0, 0.05) is 16.6 Å². The van der Waals surface area contributed by atoms with Crippen LogP contribution in [0.2, 0.25) is 0 Å². The van der Waals surface area contributed by atoms with Gasteiger partial charge in [-0.25, -0.2) is 4.39 Å². The monoisotopic (exact) mass is 333 g/mol. The third-order valence-electron chi connectivity index (χ3n) is 3.32. The number of benzene rings is 2. The topological polar surface area (TPSA) is 47.6 Å². The maximum absolute atomic E-state index is 13.6. The van der Waals surface area contributed by atoms with Gasteiger partial charge in [-0.15, -0.1) is 11.8 Å². The van der Waals surface area contributed by atoms with Crippen molar-refractivity contribution in [3.63, 3.8) is 0 Å². The number of carbonyl (C=O) groups is 1. The first-order valence-corrected chi connectivity index (χ1v) is 8.13. The van der Waals surface area contributed by atoms with Gasteiger partial charge in [0.1, 0.15) is 19.0 Å². The van der Waals surface area contributed by atoms with Crippen LogP contribution in [-0.2, 0) is 4.79 Å². The lowest BCUT2D eigenvalue weighted by molar-refractivity contribution is -0.115. The number of nitrogens with one attached hydrogen (secondary N) is 1. The summed E-state index contributed by atoms with van der Waals surface area (Å²) in [6, 6.07) is 11.7. The Labute approximate surface area is 138 Å². The fourth-order valence-corrected chi connectivity index (χ4v) is 3.03. The normalized spacial score (nSPS) is 14.2. The molecule has 0 saturated heterocycles. The summed E-state index contributed by atoms with van der Waals surface area (Å²) in [6.07, 6.45) is 0. The second-order valence-corrected chi connectivity index (χ2v) is 6.42. The van der Waals surface area contributed by atoms with E-state index in [0.717, 1.165) is 0 Å². The number of carbonyl (C=O) groups excluding carboxylic acids is 1. The molecule has 1 aliphatic rings. The van der Waals surface area contributed by atoms with Gasteiger partial charge in [-0.1, -0.05) is 12.1 Å². The summed E-state index contributed by atoms with van der Waals surface area (Å²) < 4.78 is 24.6. The highest BCUT2D eigenvalue weighted by Gasteiger charge is 2.18. The predicted octanol–water partition coefficient (Wildman–Crippen LogP) is 3.72. The molecular formula is C17H16FNO3S. The second-order valence-electron chi connectivity index (χ2n) is 5.04.